The molecule has 0 aliphatic rings. The van der Waals surface area contributed by atoms with Crippen LogP contribution in [0, 0.1) is 0 Å². The normalized spacial score (nSPS) is 12.8. The third-order valence-corrected chi connectivity index (χ3v) is 6.56. The van der Waals surface area contributed by atoms with E-state index < -0.39 is 39.7 Å². The maximum absolute atomic E-state index is 13.1. The largest absolute Gasteiger partial charge is 0.444 e. The van der Waals surface area contributed by atoms with Crippen molar-refractivity contribution in [3.05, 3.63) is 95.6 Å². The van der Waals surface area contributed by atoms with Crippen molar-refractivity contribution in [3.8, 4) is 0 Å². The minimum absolute atomic E-state index is 0.0647. The van der Waals surface area contributed by atoms with Gasteiger partial charge in [-0.25, -0.2) is 4.79 Å². The highest BCUT2D eigenvalue weighted by Crippen LogP contribution is 2.26. The number of hydrogen-bond acceptors (Lipinski definition) is 7. The minimum atomic E-state index is -3.98. The average molecular weight is 622 g/mol. The van der Waals surface area contributed by atoms with Crippen LogP contribution in [0.25, 0.3) is 6.08 Å². The molecule has 0 heterocycles. The Labute approximate surface area is 259 Å². The fraction of sp³-hybridized carbons (Fsp3) is 0.303. The molecule has 3 N–H and O–H groups in total. The molecular weight excluding hydrogens is 582 g/mol. The van der Waals surface area contributed by atoms with Crippen LogP contribution < -0.4 is 16.0 Å². The number of carbonyl (C=O) groups excluding carboxylic acids is 3. The Morgan fingerprint density at radius 1 is 0.773 bits per heavy atom. The second-order valence-corrected chi connectivity index (χ2v) is 13.8. The monoisotopic (exact) mass is 621 g/mol. The van der Waals surface area contributed by atoms with Crippen LogP contribution in [-0.2, 0) is 34.0 Å². The van der Waals surface area contributed by atoms with Gasteiger partial charge in [0.25, 0.3) is 16.0 Å². The summed E-state index contributed by atoms with van der Waals surface area (Å²) in [5, 5.41) is 8.06. The smallest absolute Gasteiger partial charge is 0.412 e. The molecule has 10 nitrogen and oxygen atoms in total. The second kappa shape index (κ2) is 13.9. The molecule has 3 aromatic carbocycles. The van der Waals surface area contributed by atoms with E-state index >= 15 is 0 Å². The molecule has 44 heavy (non-hydrogen) atoms. The van der Waals surface area contributed by atoms with Crippen LogP contribution in [0.15, 0.2) is 78.9 Å². The summed E-state index contributed by atoms with van der Waals surface area (Å²) < 4.78 is 34.4. The fourth-order valence-corrected chi connectivity index (χ4v) is 4.48. The van der Waals surface area contributed by atoms with Crippen LogP contribution in [0.2, 0.25) is 0 Å². The van der Waals surface area contributed by atoms with E-state index in [-0.39, 0.29) is 5.41 Å². The molecule has 0 aliphatic carbocycles. The van der Waals surface area contributed by atoms with Gasteiger partial charge in [0.05, 0.1) is 17.6 Å². The van der Waals surface area contributed by atoms with Crippen molar-refractivity contribution < 1.29 is 31.7 Å². The molecule has 0 aromatic heterocycles. The van der Waals surface area contributed by atoms with Gasteiger partial charge in [-0.3, -0.25) is 19.1 Å². The SMILES string of the molecule is CC(C)(C)OC(=O)Nc1ccccc1NC(=O)C=Cc1ccc(C(OS(C)(=O)=O)C(=O)Nc2ccc(C(C)(C)C)cc2)cc1. The van der Waals surface area contributed by atoms with E-state index in [0.717, 1.165) is 11.8 Å². The fourth-order valence-electron chi connectivity index (χ4n) is 3.93. The summed E-state index contributed by atoms with van der Waals surface area (Å²) in [6.45, 7) is 11.5. The molecule has 0 spiro atoms. The molecular formula is C33H39N3O7S. The summed E-state index contributed by atoms with van der Waals surface area (Å²) in [7, 11) is -3.98. The Hall–Kier alpha value is -4.48. The minimum Gasteiger partial charge on any atom is -0.444 e. The van der Waals surface area contributed by atoms with Crippen molar-refractivity contribution in [2.75, 3.05) is 22.2 Å². The van der Waals surface area contributed by atoms with Crippen LogP contribution in [0.3, 0.4) is 0 Å². The molecule has 0 fully saturated rings. The van der Waals surface area contributed by atoms with Crippen molar-refractivity contribution in [2.24, 2.45) is 0 Å². The summed E-state index contributed by atoms with van der Waals surface area (Å²) in [5.74, 6) is -1.11. The van der Waals surface area contributed by atoms with Crippen molar-refractivity contribution in [2.45, 2.75) is 58.7 Å². The third kappa shape index (κ3) is 11.0. The Bertz CT molecular complexity index is 1620. The highest BCUT2D eigenvalue weighted by Gasteiger charge is 2.26. The summed E-state index contributed by atoms with van der Waals surface area (Å²) in [4.78, 5) is 37.9. The van der Waals surface area contributed by atoms with Crippen LogP contribution in [-0.4, -0.2) is 38.2 Å². The topological polar surface area (TPSA) is 140 Å². The van der Waals surface area contributed by atoms with E-state index in [1.165, 1.54) is 6.08 Å². The van der Waals surface area contributed by atoms with Crippen molar-refractivity contribution >= 4 is 51.2 Å². The molecule has 0 saturated heterocycles. The van der Waals surface area contributed by atoms with Crippen LogP contribution in [0.4, 0.5) is 21.9 Å². The van der Waals surface area contributed by atoms with E-state index in [2.05, 4.69) is 36.7 Å². The Balaban J connectivity index is 1.70. The lowest BCUT2D eigenvalue weighted by atomic mass is 9.87. The van der Waals surface area contributed by atoms with Crippen molar-refractivity contribution in [3.63, 3.8) is 0 Å². The van der Waals surface area contributed by atoms with E-state index in [1.54, 1.807) is 87.5 Å². The predicted octanol–water partition coefficient (Wildman–Crippen LogP) is 6.64. The van der Waals surface area contributed by atoms with Gasteiger partial charge in [0, 0.05) is 11.8 Å². The van der Waals surface area contributed by atoms with Gasteiger partial charge in [-0.05, 0) is 73.2 Å². The van der Waals surface area contributed by atoms with E-state index in [1.807, 2.05) is 12.1 Å². The molecule has 0 bridgehead atoms. The number of ether oxygens (including phenoxy) is 1. The number of benzene rings is 3. The molecule has 1 unspecified atom stereocenters. The van der Waals surface area contributed by atoms with E-state index in [0.29, 0.717) is 28.2 Å². The lowest BCUT2D eigenvalue weighted by Crippen LogP contribution is -2.27. The van der Waals surface area contributed by atoms with Gasteiger partial charge in [-0.15, -0.1) is 0 Å². The molecule has 0 aliphatic heterocycles. The number of carbonyl (C=O) groups is 3. The first-order valence-corrected chi connectivity index (χ1v) is 15.7. The Morgan fingerprint density at radius 3 is 1.86 bits per heavy atom. The number of nitrogens with one attached hydrogen (secondary N) is 3. The number of para-hydroxylation sites is 2. The summed E-state index contributed by atoms with van der Waals surface area (Å²) >= 11 is 0. The molecule has 1 atom stereocenters. The zero-order valence-electron chi connectivity index (χ0n) is 25.9. The number of amides is 3. The van der Waals surface area contributed by atoms with Gasteiger partial charge < -0.3 is 15.4 Å². The number of rotatable bonds is 9. The number of hydrogen-bond donors (Lipinski definition) is 3. The average Bonchev–Trinajstić information content (AvgIpc) is 2.90. The Morgan fingerprint density at radius 2 is 1.34 bits per heavy atom. The molecule has 0 radical (unpaired) electrons. The lowest BCUT2D eigenvalue weighted by Gasteiger charge is -2.20. The number of anilines is 3. The highest BCUT2D eigenvalue weighted by molar-refractivity contribution is 7.86. The highest BCUT2D eigenvalue weighted by atomic mass is 32.2. The zero-order valence-corrected chi connectivity index (χ0v) is 26.7. The first kappa shape index (κ1) is 34.0. The molecule has 0 saturated carbocycles. The van der Waals surface area contributed by atoms with Gasteiger partial charge in [0.15, 0.2) is 6.10 Å². The van der Waals surface area contributed by atoms with E-state index in [9.17, 15) is 22.8 Å². The first-order chi connectivity index (χ1) is 20.4. The van der Waals surface area contributed by atoms with Gasteiger partial charge in [-0.1, -0.05) is 69.3 Å². The molecule has 234 valence electrons. The quantitative estimate of drug-likeness (QED) is 0.180. The predicted molar refractivity (Wildman–Crippen MR) is 173 cm³/mol. The van der Waals surface area contributed by atoms with Gasteiger partial charge in [0.1, 0.15) is 5.60 Å². The van der Waals surface area contributed by atoms with Crippen LogP contribution in [0.1, 0.15) is 64.3 Å². The van der Waals surface area contributed by atoms with Crippen LogP contribution >= 0.6 is 0 Å². The summed E-state index contributed by atoms with van der Waals surface area (Å²) in [6, 6.07) is 20.3. The molecule has 3 amide bonds. The molecule has 3 aromatic rings. The summed E-state index contributed by atoms with van der Waals surface area (Å²) in [6.07, 6.45) is 1.65. The van der Waals surface area contributed by atoms with Crippen LogP contribution in [0.5, 0.6) is 0 Å². The van der Waals surface area contributed by atoms with Gasteiger partial charge in [-0.2, -0.15) is 8.42 Å². The Kier molecular flexibility index (Phi) is 10.7. The maximum Gasteiger partial charge on any atom is 0.412 e. The first-order valence-electron chi connectivity index (χ1n) is 13.9. The van der Waals surface area contributed by atoms with Gasteiger partial charge in [0.2, 0.25) is 5.91 Å². The molecule has 3 rings (SSSR count). The zero-order chi connectivity index (χ0) is 32.7. The standard InChI is InChI=1S/C33H39N3O7S/c1-32(2,3)24-17-19-25(20-18-24)34-30(38)29(43-44(7,40)41)23-15-12-22(13-16-23)14-21-28(37)35-26-10-8-9-11-27(26)36-31(39)42-33(4,5)6/h8-21,29H,1-7H3,(H,34,38)(H,35,37)(H,36,39). The molecule has 11 heteroatoms. The van der Waals surface area contributed by atoms with Gasteiger partial charge >= 0.3 is 6.09 Å². The van der Waals surface area contributed by atoms with Crippen molar-refractivity contribution in [1.82, 2.24) is 0 Å². The summed E-state index contributed by atoms with van der Waals surface area (Å²) in [5.41, 5.74) is 2.50. The third-order valence-electron chi connectivity index (χ3n) is 6.01. The maximum atomic E-state index is 13.1. The van der Waals surface area contributed by atoms with Crippen molar-refractivity contribution in [1.29, 1.82) is 0 Å². The second-order valence-electron chi connectivity index (χ2n) is 12.2. The van der Waals surface area contributed by atoms with E-state index in [4.69, 9.17) is 8.92 Å². The lowest BCUT2D eigenvalue weighted by molar-refractivity contribution is -0.122.